The maximum atomic E-state index is 12.3. The molecule has 0 bridgehead atoms. The lowest BCUT2D eigenvalue weighted by Gasteiger charge is -2.16. The molecule has 2 aromatic rings. The molecule has 20 heavy (non-hydrogen) atoms. The Morgan fingerprint density at radius 1 is 1.30 bits per heavy atom. The minimum absolute atomic E-state index is 0.102. The topological polar surface area (TPSA) is 51.5 Å². The van der Waals surface area contributed by atoms with E-state index in [2.05, 4.69) is 19.2 Å². The van der Waals surface area contributed by atoms with E-state index < -0.39 is 0 Å². The summed E-state index contributed by atoms with van der Waals surface area (Å²) in [6.45, 7) is 8.02. The van der Waals surface area contributed by atoms with Crippen LogP contribution in [0.4, 0.5) is 0 Å². The third kappa shape index (κ3) is 2.64. The van der Waals surface area contributed by atoms with Crippen LogP contribution in [-0.2, 0) is 0 Å². The summed E-state index contributed by atoms with van der Waals surface area (Å²) < 4.78 is 10.9. The second kappa shape index (κ2) is 5.57. The van der Waals surface area contributed by atoms with Crippen molar-refractivity contribution < 1.29 is 13.9 Å². The standard InChI is InChI=1S/C16H21NO3/c1-9(2)11(4)17-16(18)15-10(3)13-8-12(19-5)6-7-14(13)20-15/h6-9,11H,1-5H3,(H,17,18)/t11-/m1/s1. The van der Waals surface area contributed by atoms with Crippen LogP contribution in [0.15, 0.2) is 22.6 Å². The van der Waals surface area contributed by atoms with Crippen molar-refractivity contribution in [2.45, 2.75) is 33.7 Å². The molecule has 0 aliphatic heterocycles. The van der Waals surface area contributed by atoms with Gasteiger partial charge in [-0.2, -0.15) is 0 Å². The first-order chi connectivity index (χ1) is 9.43. The summed E-state index contributed by atoms with van der Waals surface area (Å²) in [5, 5.41) is 3.87. The van der Waals surface area contributed by atoms with Crippen molar-refractivity contribution in [2.75, 3.05) is 7.11 Å². The smallest absolute Gasteiger partial charge is 0.287 e. The first kappa shape index (κ1) is 14.4. The lowest BCUT2D eigenvalue weighted by Crippen LogP contribution is -2.36. The summed E-state index contributed by atoms with van der Waals surface area (Å²) >= 11 is 0. The van der Waals surface area contributed by atoms with Crippen molar-refractivity contribution in [3.8, 4) is 5.75 Å². The van der Waals surface area contributed by atoms with Crippen LogP contribution in [0.25, 0.3) is 11.0 Å². The maximum Gasteiger partial charge on any atom is 0.287 e. The van der Waals surface area contributed by atoms with E-state index in [4.69, 9.17) is 9.15 Å². The largest absolute Gasteiger partial charge is 0.497 e. The van der Waals surface area contributed by atoms with E-state index in [9.17, 15) is 4.79 Å². The number of nitrogens with one attached hydrogen (secondary N) is 1. The highest BCUT2D eigenvalue weighted by Crippen LogP contribution is 2.28. The molecule has 4 nitrogen and oxygen atoms in total. The third-order valence-corrected chi connectivity index (χ3v) is 3.71. The molecule has 1 heterocycles. The molecule has 1 atom stereocenters. The Bertz CT molecular complexity index is 628. The predicted molar refractivity (Wildman–Crippen MR) is 79.3 cm³/mol. The summed E-state index contributed by atoms with van der Waals surface area (Å²) in [6.07, 6.45) is 0. The molecule has 0 spiro atoms. The van der Waals surface area contributed by atoms with Crippen LogP contribution >= 0.6 is 0 Å². The van der Waals surface area contributed by atoms with Gasteiger partial charge in [0.1, 0.15) is 11.3 Å². The summed E-state index contributed by atoms with van der Waals surface area (Å²) in [5.74, 6) is 1.34. The fourth-order valence-electron chi connectivity index (χ4n) is 1.98. The highest BCUT2D eigenvalue weighted by Gasteiger charge is 2.20. The molecule has 0 aliphatic carbocycles. The van der Waals surface area contributed by atoms with E-state index in [-0.39, 0.29) is 11.9 Å². The van der Waals surface area contributed by atoms with Gasteiger partial charge in [-0.15, -0.1) is 0 Å². The Labute approximate surface area is 119 Å². The molecule has 0 saturated heterocycles. The van der Waals surface area contributed by atoms with Crippen LogP contribution in [0.5, 0.6) is 5.75 Å². The van der Waals surface area contributed by atoms with Gasteiger partial charge in [-0.3, -0.25) is 4.79 Å². The van der Waals surface area contributed by atoms with Crippen molar-refractivity contribution in [1.29, 1.82) is 0 Å². The zero-order valence-electron chi connectivity index (χ0n) is 12.6. The summed E-state index contributed by atoms with van der Waals surface area (Å²) in [4.78, 5) is 12.3. The van der Waals surface area contributed by atoms with Crippen LogP contribution in [-0.4, -0.2) is 19.1 Å². The normalized spacial score (nSPS) is 12.7. The Morgan fingerprint density at radius 3 is 2.60 bits per heavy atom. The van der Waals surface area contributed by atoms with E-state index >= 15 is 0 Å². The van der Waals surface area contributed by atoms with Gasteiger partial charge in [0.25, 0.3) is 5.91 Å². The fraction of sp³-hybridized carbons (Fsp3) is 0.438. The number of hydrogen-bond donors (Lipinski definition) is 1. The van der Waals surface area contributed by atoms with Gasteiger partial charge in [0.2, 0.25) is 0 Å². The Balaban J connectivity index is 2.35. The Morgan fingerprint density at radius 2 is 2.00 bits per heavy atom. The van der Waals surface area contributed by atoms with E-state index in [0.29, 0.717) is 17.3 Å². The number of aryl methyl sites for hydroxylation is 1. The molecule has 0 radical (unpaired) electrons. The van der Waals surface area contributed by atoms with Gasteiger partial charge in [-0.1, -0.05) is 13.8 Å². The summed E-state index contributed by atoms with van der Waals surface area (Å²) in [7, 11) is 1.62. The SMILES string of the molecule is COc1ccc2oc(C(=O)N[C@H](C)C(C)C)c(C)c2c1. The average Bonchev–Trinajstić information content (AvgIpc) is 2.75. The first-order valence-electron chi connectivity index (χ1n) is 6.82. The van der Waals surface area contributed by atoms with Crippen LogP contribution in [0.3, 0.4) is 0 Å². The number of benzene rings is 1. The average molecular weight is 275 g/mol. The molecule has 2 rings (SSSR count). The van der Waals surface area contributed by atoms with E-state index in [1.165, 1.54) is 0 Å². The molecule has 1 aromatic heterocycles. The van der Waals surface area contributed by atoms with E-state index in [1.807, 2.05) is 32.0 Å². The Hall–Kier alpha value is -1.97. The van der Waals surface area contributed by atoms with Gasteiger partial charge >= 0.3 is 0 Å². The predicted octanol–water partition coefficient (Wildman–Crippen LogP) is 3.52. The lowest BCUT2D eigenvalue weighted by atomic mass is 10.1. The summed E-state index contributed by atoms with van der Waals surface area (Å²) in [6, 6.07) is 5.63. The fourth-order valence-corrected chi connectivity index (χ4v) is 1.98. The quantitative estimate of drug-likeness (QED) is 0.928. The number of furan rings is 1. The number of ether oxygens (including phenoxy) is 1. The van der Waals surface area contributed by atoms with Crippen LogP contribution in [0, 0.1) is 12.8 Å². The van der Waals surface area contributed by atoms with E-state index in [0.717, 1.165) is 16.7 Å². The minimum atomic E-state index is -0.168. The number of hydrogen-bond acceptors (Lipinski definition) is 3. The monoisotopic (exact) mass is 275 g/mol. The molecule has 1 N–H and O–H groups in total. The van der Waals surface area contributed by atoms with Crippen molar-refractivity contribution in [3.05, 3.63) is 29.5 Å². The second-order valence-corrected chi connectivity index (χ2v) is 5.42. The van der Waals surface area contributed by atoms with Crippen LogP contribution in [0.1, 0.15) is 36.9 Å². The number of carbonyl (C=O) groups is 1. The van der Waals surface area contributed by atoms with Crippen molar-refractivity contribution in [1.82, 2.24) is 5.32 Å². The molecule has 0 aliphatic rings. The number of methoxy groups -OCH3 is 1. The van der Waals surface area contributed by atoms with Gasteiger partial charge in [0.05, 0.1) is 7.11 Å². The zero-order valence-corrected chi connectivity index (χ0v) is 12.6. The van der Waals surface area contributed by atoms with Crippen LogP contribution in [0.2, 0.25) is 0 Å². The summed E-state index contributed by atoms with van der Waals surface area (Å²) in [5.41, 5.74) is 1.54. The van der Waals surface area contributed by atoms with Gasteiger partial charge in [0.15, 0.2) is 5.76 Å². The third-order valence-electron chi connectivity index (χ3n) is 3.71. The molecule has 1 aromatic carbocycles. The molecule has 0 saturated carbocycles. The van der Waals surface area contributed by atoms with Crippen molar-refractivity contribution >= 4 is 16.9 Å². The highest BCUT2D eigenvalue weighted by atomic mass is 16.5. The lowest BCUT2D eigenvalue weighted by molar-refractivity contribution is 0.0903. The zero-order chi connectivity index (χ0) is 14.9. The molecular weight excluding hydrogens is 254 g/mol. The first-order valence-corrected chi connectivity index (χ1v) is 6.82. The molecule has 1 amide bonds. The maximum absolute atomic E-state index is 12.3. The molecule has 0 fully saturated rings. The molecule has 4 heteroatoms. The molecular formula is C16H21NO3. The van der Waals surface area contributed by atoms with Crippen LogP contribution < -0.4 is 10.1 Å². The number of rotatable bonds is 4. The number of amides is 1. The van der Waals surface area contributed by atoms with Crippen molar-refractivity contribution in [2.24, 2.45) is 5.92 Å². The van der Waals surface area contributed by atoms with E-state index in [1.54, 1.807) is 7.11 Å². The van der Waals surface area contributed by atoms with Gasteiger partial charge in [-0.25, -0.2) is 0 Å². The number of carbonyl (C=O) groups excluding carboxylic acids is 1. The second-order valence-electron chi connectivity index (χ2n) is 5.42. The Kier molecular flexibility index (Phi) is 4.02. The van der Waals surface area contributed by atoms with Gasteiger partial charge in [0, 0.05) is 17.0 Å². The molecule has 108 valence electrons. The number of fused-ring (bicyclic) bond motifs is 1. The highest BCUT2D eigenvalue weighted by molar-refractivity contribution is 5.99. The molecule has 0 unspecified atom stereocenters. The minimum Gasteiger partial charge on any atom is -0.497 e. The van der Waals surface area contributed by atoms with Gasteiger partial charge < -0.3 is 14.5 Å². The van der Waals surface area contributed by atoms with Gasteiger partial charge in [-0.05, 0) is 38.0 Å². The van der Waals surface area contributed by atoms with Crippen molar-refractivity contribution in [3.63, 3.8) is 0 Å².